The first kappa shape index (κ1) is 10.5. The maximum atomic E-state index is 11.0. The lowest BCUT2D eigenvalue weighted by molar-refractivity contribution is -0.113. The Hall–Kier alpha value is -0.610. The average Bonchev–Trinajstić information content (AvgIpc) is 2.13. The molecule has 0 fully saturated rings. The molecule has 0 aromatic carbocycles. The summed E-state index contributed by atoms with van der Waals surface area (Å²) in [6.45, 7) is 1.83. The molecule has 1 rings (SSSR count). The zero-order chi connectivity index (χ0) is 9.84. The fourth-order valence-corrected chi connectivity index (χ4v) is 1.11. The molecule has 0 aliphatic rings. The van der Waals surface area contributed by atoms with E-state index in [2.05, 4.69) is 26.2 Å². The van der Waals surface area contributed by atoms with Crippen molar-refractivity contribution in [3.8, 4) is 0 Å². The minimum absolute atomic E-state index is 0.118. The topological polar surface area (TPSA) is 42.0 Å². The first-order valence-electron chi connectivity index (χ1n) is 3.61. The average molecular weight is 264 g/mol. The van der Waals surface area contributed by atoms with Crippen molar-refractivity contribution < 1.29 is 4.79 Å². The number of pyridine rings is 1. The van der Waals surface area contributed by atoms with Gasteiger partial charge < -0.3 is 5.32 Å². The summed E-state index contributed by atoms with van der Waals surface area (Å²) in [5.74, 6) is -0.118. The number of hydrogen-bond donors (Lipinski definition) is 1. The largest absolute Gasteiger partial charge is 0.324 e. The van der Waals surface area contributed by atoms with Crippen LogP contribution in [0.25, 0.3) is 0 Å². The van der Waals surface area contributed by atoms with E-state index >= 15 is 0 Å². The van der Waals surface area contributed by atoms with Crippen molar-refractivity contribution in [2.24, 2.45) is 0 Å². The molecule has 0 saturated heterocycles. The molecule has 70 valence electrons. The van der Waals surface area contributed by atoms with Crippen molar-refractivity contribution in [2.75, 3.05) is 10.6 Å². The Morgan fingerprint density at radius 2 is 2.38 bits per heavy atom. The molecule has 0 bridgehead atoms. The highest BCUT2D eigenvalue weighted by Crippen LogP contribution is 2.21. The molecule has 0 aliphatic carbocycles. The second-order valence-corrected chi connectivity index (χ2v) is 3.44. The molecule has 3 nitrogen and oxygen atoms in total. The predicted molar refractivity (Wildman–Crippen MR) is 56.4 cm³/mol. The molecule has 1 heterocycles. The third-order valence-corrected chi connectivity index (χ3v) is 2.44. The number of nitrogens with one attached hydrogen (secondary N) is 1. The van der Waals surface area contributed by atoms with E-state index in [9.17, 15) is 4.79 Å². The van der Waals surface area contributed by atoms with Crippen LogP contribution in [0.1, 0.15) is 5.56 Å². The molecule has 0 atom stereocenters. The van der Waals surface area contributed by atoms with Crippen LogP contribution in [0, 0.1) is 6.92 Å². The predicted octanol–water partition coefficient (Wildman–Crippen LogP) is 2.38. The second kappa shape index (κ2) is 4.58. The van der Waals surface area contributed by atoms with E-state index in [0.29, 0.717) is 10.7 Å². The van der Waals surface area contributed by atoms with Gasteiger partial charge in [0.15, 0.2) is 0 Å². The van der Waals surface area contributed by atoms with E-state index in [1.807, 2.05) is 6.92 Å². The van der Waals surface area contributed by atoms with E-state index in [4.69, 9.17) is 11.6 Å². The van der Waals surface area contributed by atoms with Gasteiger partial charge in [-0.25, -0.2) is 0 Å². The summed E-state index contributed by atoms with van der Waals surface area (Å²) in [7, 11) is 0. The van der Waals surface area contributed by atoms with Crippen LogP contribution in [0.15, 0.2) is 12.4 Å². The number of aromatic nitrogens is 1. The number of halogens is 2. The molecule has 0 radical (unpaired) electrons. The summed E-state index contributed by atoms with van der Waals surface area (Å²) in [6.07, 6.45) is 3.11. The summed E-state index contributed by atoms with van der Waals surface area (Å²) in [4.78, 5) is 14.9. The lowest BCUT2D eigenvalue weighted by Gasteiger charge is -2.06. The number of hydrogen-bond acceptors (Lipinski definition) is 2. The van der Waals surface area contributed by atoms with Gasteiger partial charge in [0, 0.05) is 6.20 Å². The van der Waals surface area contributed by atoms with Crippen LogP contribution < -0.4 is 5.32 Å². The third-order valence-electron chi connectivity index (χ3n) is 1.55. The standard InChI is InChI=1S/C8H8BrClN2O/c1-5-6(10)3-11-4-7(5)12-8(13)2-9/h3-4H,2H2,1H3,(H,12,13). The van der Waals surface area contributed by atoms with Crippen LogP contribution in [-0.2, 0) is 4.79 Å². The van der Waals surface area contributed by atoms with Gasteiger partial charge in [-0.2, -0.15) is 0 Å². The van der Waals surface area contributed by atoms with Crippen LogP contribution in [0.3, 0.4) is 0 Å². The fourth-order valence-electron chi connectivity index (χ4n) is 0.809. The smallest absolute Gasteiger partial charge is 0.235 e. The Labute approximate surface area is 89.6 Å². The molecular formula is C8H8BrClN2O. The molecule has 0 saturated carbocycles. The molecule has 1 aromatic heterocycles. The fraction of sp³-hybridized carbons (Fsp3) is 0.250. The van der Waals surface area contributed by atoms with Gasteiger partial charge in [0.25, 0.3) is 0 Å². The van der Waals surface area contributed by atoms with Crippen molar-refractivity contribution in [2.45, 2.75) is 6.92 Å². The van der Waals surface area contributed by atoms with Gasteiger partial charge in [0.05, 0.1) is 22.2 Å². The molecule has 0 aliphatic heterocycles. The number of amides is 1. The van der Waals surface area contributed by atoms with Gasteiger partial charge in [0.1, 0.15) is 0 Å². The van der Waals surface area contributed by atoms with Gasteiger partial charge in [-0.15, -0.1) is 0 Å². The molecule has 1 N–H and O–H groups in total. The third kappa shape index (κ3) is 2.67. The van der Waals surface area contributed by atoms with Gasteiger partial charge in [0.2, 0.25) is 5.91 Å². The quantitative estimate of drug-likeness (QED) is 0.833. The molecule has 0 unspecified atom stereocenters. The van der Waals surface area contributed by atoms with Crippen molar-refractivity contribution >= 4 is 39.1 Å². The highest BCUT2D eigenvalue weighted by atomic mass is 79.9. The molecule has 1 aromatic rings. The Morgan fingerprint density at radius 1 is 1.69 bits per heavy atom. The maximum absolute atomic E-state index is 11.0. The van der Waals surface area contributed by atoms with Crippen LogP contribution in [-0.4, -0.2) is 16.2 Å². The Bertz CT molecular complexity index is 330. The van der Waals surface area contributed by atoms with Gasteiger partial charge in [-0.3, -0.25) is 9.78 Å². The van der Waals surface area contributed by atoms with Crippen molar-refractivity contribution in [3.63, 3.8) is 0 Å². The lowest BCUT2D eigenvalue weighted by atomic mass is 10.2. The second-order valence-electron chi connectivity index (χ2n) is 2.48. The Balaban J connectivity index is 2.89. The highest BCUT2D eigenvalue weighted by molar-refractivity contribution is 9.09. The number of nitrogens with zero attached hydrogens (tertiary/aromatic N) is 1. The van der Waals surface area contributed by atoms with E-state index < -0.39 is 0 Å². The Morgan fingerprint density at radius 3 is 3.00 bits per heavy atom. The summed E-state index contributed by atoms with van der Waals surface area (Å²) in [6, 6.07) is 0. The summed E-state index contributed by atoms with van der Waals surface area (Å²) in [5, 5.41) is 3.48. The summed E-state index contributed by atoms with van der Waals surface area (Å²) < 4.78 is 0. The van der Waals surface area contributed by atoms with Crippen LogP contribution in [0.2, 0.25) is 5.02 Å². The highest BCUT2D eigenvalue weighted by Gasteiger charge is 2.05. The first-order valence-corrected chi connectivity index (χ1v) is 5.11. The molecule has 0 spiro atoms. The number of carbonyl (C=O) groups is 1. The lowest BCUT2D eigenvalue weighted by Crippen LogP contribution is -2.13. The minimum atomic E-state index is -0.118. The molecular weight excluding hydrogens is 255 g/mol. The van der Waals surface area contributed by atoms with Crippen molar-refractivity contribution in [1.29, 1.82) is 0 Å². The maximum Gasteiger partial charge on any atom is 0.235 e. The van der Waals surface area contributed by atoms with Crippen LogP contribution >= 0.6 is 27.5 Å². The van der Waals surface area contributed by atoms with Crippen molar-refractivity contribution in [1.82, 2.24) is 4.98 Å². The Kier molecular flexibility index (Phi) is 3.69. The molecule has 1 amide bonds. The summed E-state index contributed by atoms with van der Waals surface area (Å²) in [5.41, 5.74) is 1.47. The molecule has 5 heteroatoms. The molecule has 13 heavy (non-hydrogen) atoms. The first-order chi connectivity index (χ1) is 6.15. The SMILES string of the molecule is Cc1c(Cl)cncc1NC(=O)CBr. The van der Waals surface area contributed by atoms with E-state index in [-0.39, 0.29) is 11.2 Å². The monoisotopic (exact) mass is 262 g/mol. The zero-order valence-electron chi connectivity index (χ0n) is 6.97. The van der Waals surface area contributed by atoms with Crippen molar-refractivity contribution in [3.05, 3.63) is 23.0 Å². The van der Waals surface area contributed by atoms with E-state index in [1.54, 1.807) is 12.4 Å². The minimum Gasteiger partial charge on any atom is -0.324 e. The van der Waals surface area contributed by atoms with Crippen LogP contribution in [0.4, 0.5) is 5.69 Å². The summed E-state index contributed by atoms with van der Waals surface area (Å²) >= 11 is 8.86. The number of rotatable bonds is 2. The van der Waals surface area contributed by atoms with Gasteiger partial charge >= 0.3 is 0 Å². The number of carbonyl (C=O) groups excluding carboxylic acids is 1. The number of anilines is 1. The normalized spacial score (nSPS) is 9.77. The van der Waals surface area contributed by atoms with E-state index in [1.165, 1.54) is 0 Å². The van der Waals surface area contributed by atoms with Gasteiger partial charge in [-0.1, -0.05) is 27.5 Å². The van der Waals surface area contributed by atoms with Gasteiger partial charge in [-0.05, 0) is 12.5 Å². The van der Waals surface area contributed by atoms with E-state index in [0.717, 1.165) is 5.56 Å². The number of alkyl halides is 1. The van der Waals surface area contributed by atoms with Crippen LogP contribution in [0.5, 0.6) is 0 Å². The zero-order valence-corrected chi connectivity index (χ0v) is 9.32.